The van der Waals surface area contributed by atoms with Crippen molar-refractivity contribution in [3.05, 3.63) is 12.2 Å². The average molecular weight is 709 g/mol. The van der Waals surface area contributed by atoms with E-state index in [0.717, 1.165) is 13.0 Å². The van der Waals surface area contributed by atoms with Crippen molar-refractivity contribution in [1.82, 2.24) is 0 Å². The molecule has 0 amide bonds. The smallest absolute Gasteiger partial charge is 0.0701 e. The zero-order valence-electron chi connectivity index (χ0n) is 31.4. The van der Waals surface area contributed by atoms with Gasteiger partial charge in [0.05, 0.1) is 132 Å². The SMILES string of the molecule is CCCCCCCC/C=C\CCCCCCCCOCCOCCOCCOCCOCCOCCOCCOCCOCCOCCO. The Morgan fingerprint density at radius 2 is 0.531 bits per heavy atom. The number of aliphatic hydroxyl groups excluding tert-OH is 1. The Kier molecular flexibility index (Phi) is 46.6. The summed E-state index contributed by atoms with van der Waals surface area (Å²) in [5.74, 6) is 0. The first-order valence-electron chi connectivity index (χ1n) is 19.4. The van der Waals surface area contributed by atoms with Crippen LogP contribution in [-0.4, -0.2) is 144 Å². The normalized spacial score (nSPS) is 11.8. The highest BCUT2D eigenvalue weighted by atomic mass is 16.6. The molecule has 0 aliphatic carbocycles. The van der Waals surface area contributed by atoms with Crippen molar-refractivity contribution in [1.29, 1.82) is 0 Å². The summed E-state index contributed by atoms with van der Waals surface area (Å²) in [6.07, 6.45) is 23.3. The van der Waals surface area contributed by atoms with E-state index >= 15 is 0 Å². The summed E-state index contributed by atoms with van der Waals surface area (Å²) < 4.78 is 54.5. The van der Waals surface area contributed by atoms with Crippen LogP contribution in [0.2, 0.25) is 0 Å². The molecule has 0 aromatic carbocycles. The maximum absolute atomic E-state index is 8.59. The van der Waals surface area contributed by atoms with E-state index in [1.165, 1.54) is 83.5 Å². The predicted octanol–water partition coefficient (Wildman–Crippen LogP) is 6.18. The summed E-state index contributed by atoms with van der Waals surface area (Å²) in [6, 6.07) is 0. The molecule has 0 rings (SSSR count). The molecule has 0 saturated heterocycles. The van der Waals surface area contributed by atoms with Crippen molar-refractivity contribution in [2.24, 2.45) is 0 Å². The summed E-state index contributed by atoms with van der Waals surface area (Å²) >= 11 is 0. The quantitative estimate of drug-likeness (QED) is 0.0578. The van der Waals surface area contributed by atoms with Crippen LogP contribution in [0.25, 0.3) is 0 Å². The van der Waals surface area contributed by atoms with Gasteiger partial charge in [-0.3, -0.25) is 0 Å². The molecule has 0 unspecified atom stereocenters. The molecular formula is C38H76O11. The van der Waals surface area contributed by atoms with E-state index in [2.05, 4.69) is 19.1 Å². The van der Waals surface area contributed by atoms with Crippen molar-refractivity contribution in [3.63, 3.8) is 0 Å². The van der Waals surface area contributed by atoms with Crippen LogP contribution in [0.5, 0.6) is 0 Å². The topological polar surface area (TPSA) is 113 Å². The van der Waals surface area contributed by atoms with E-state index in [1.54, 1.807) is 0 Å². The van der Waals surface area contributed by atoms with Gasteiger partial charge in [-0.2, -0.15) is 0 Å². The van der Waals surface area contributed by atoms with Crippen molar-refractivity contribution in [3.8, 4) is 0 Å². The largest absolute Gasteiger partial charge is 0.394 e. The Morgan fingerprint density at radius 3 is 0.837 bits per heavy atom. The van der Waals surface area contributed by atoms with Gasteiger partial charge in [0.15, 0.2) is 0 Å². The second kappa shape index (κ2) is 47.3. The average Bonchev–Trinajstić information content (AvgIpc) is 3.11. The molecule has 11 nitrogen and oxygen atoms in total. The van der Waals surface area contributed by atoms with Crippen LogP contribution < -0.4 is 0 Å². The number of hydrogen-bond acceptors (Lipinski definition) is 11. The van der Waals surface area contributed by atoms with Gasteiger partial charge in [0.1, 0.15) is 0 Å². The first-order chi connectivity index (χ1) is 24.4. The highest BCUT2D eigenvalue weighted by Gasteiger charge is 1.97. The van der Waals surface area contributed by atoms with Crippen molar-refractivity contribution >= 4 is 0 Å². The highest BCUT2D eigenvalue weighted by Crippen LogP contribution is 2.10. The highest BCUT2D eigenvalue weighted by molar-refractivity contribution is 4.81. The van der Waals surface area contributed by atoms with Crippen LogP contribution in [0, 0.1) is 0 Å². The minimum Gasteiger partial charge on any atom is -0.394 e. The summed E-state index contributed by atoms with van der Waals surface area (Å²) in [4.78, 5) is 0. The lowest BCUT2D eigenvalue weighted by molar-refractivity contribution is -0.0268. The third-order valence-corrected chi connectivity index (χ3v) is 7.38. The minimum atomic E-state index is 0.0297. The lowest BCUT2D eigenvalue weighted by Crippen LogP contribution is -2.15. The van der Waals surface area contributed by atoms with E-state index < -0.39 is 0 Å². The number of unbranched alkanes of at least 4 members (excludes halogenated alkanes) is 12. The molecule has 0 radical (unpaired) electrons. The number of hydrogen-bond donors (Lipinski definition) is 1. The predicted molar refractivity (Wildman–Crippen MR) is 195 cm³/mol. The second-order valence-corrected chi connectivity index (χ2v) is 11.8. The van der Waals surface area contributed by atoms with Crippen molar-refractivity contribution in [2.75, 3.05) is 139 Å². The lowest BCUT2D eigenvalue weighted by Gasteiger charge is -2.09. The zero-order chi connectivity index (χ0) is 35.2. The Balaban J connectivity index is 3.06. The molecule has 11 heteroatoms. The number of allylic oxidation sites excluding steroid dienone is 2. The van der Waals surface area contributed by atoms with Crippen molar-refractivity contribution in [2.45, 2.75) is 96.8 Å². The maximum Gasteiger partial charge on any atom is 0.0701 e. The minimum absolute atomic E-state index is 0.0297. The fourth-order valence-electron chi connectivity index (χ4n) is 4.60. The maximum atomic E-state index is 8.59. The summed E-state index contributed by atoms with van der Waals surface area (Å²) in [7, 11) is 0. The Labute approximate surface area is 299 Å². The first kappa shape index (κ1) is 48.3. The van der Waals surface area contributed by atoms with Crippen LogP contribution in [0.4, 0.5) is 0 Å². The van der Waals surface area contributed by atoms with E-state index in [9.17, 15) is 0 Å². The molecule has 0 fully saturated rings. The van der Waals surface area contributed by atoms with Crippen LogP contribution in [0.1, 0.15) is 96.8 Å². The summed E-state index contributed by atoms with van der Waals surface area (Å²) in [5.41, 5.74) is 0. The zero-order valence-corrected chi connectivity index (χ0v) is 31.4. The molecule has 1 N–H and O–H groups in total. The third kappa shape index (κ3) is 47.3. The van der Waals surface area contributed by atoms with Crippen LogP contribution in [-0.2, 0) is 47.4 Å². The van der Waals surface area contributed by atoms with Gasteiger partial charge in [0, 0.05) is 6.61 Å². The molecule has 0 bridgehead atoms. The molecule has 0 atom stereocenters. The van der Waals surface area contributed by atoms with E-state index in [4.69, 9.17) is 52.5 Å². The van der Waals surface area contributed by atoms with Gasteiger partial charge in [-0.25, -0.2) is 0 Å². The fourth-order valence-corrected chi connectivity index (χ4v) is 4.60. The first-order valence-corrected chi connectivity index (χ1v) is 19.4. The Bertz CT molecular complexity index is 598. The molecule has 0 saturated carbocycles. The molecule has 0 heterocycles. The number of rotatable bonds is 45. The van der Waals surface area contributed by atoms with Crippen LogP contribution in [0.15, 0.2) is 12.2 Å². The van der Waals surface area contributed by atoms with Crippen molar-refractivity contribution < 1.29 is 52.5 Å². The summed E-state index contributed by atoms with van der Waals surface area (Å²) in [5, 5.41) is 8.59. The van der Waals surface area contributed by atoms with E-state index in [-0.39, 0.29) is 6.61 Å². The van der Waals surface area contributed by atoms with E-state index in [0.29, 0.717) is 126 Å². The molecule has 0 aromatic rings. The lowest BCUT2D eigenvalue weighted by atomic mass is 10.1. The van der Waals surface area contributed by atoms with Gasteiger partial charge >= 0.3 is 0 Å². The van der Waals surface area contributed by atoms with E-state index in [1.807, 2.05) is 0 Å². The van der Waals surface area contributed by atoms with Crippen LogP contribution >= 0.6 is 0 Å². The number of ether oxygens (including phenoxy) is 10. The molecule has 0 aliphatic rings. The molecule has 0 aliphatic heterocycles. The van der Waals surface area contributed by atoms with Gasteiger partial charge in [-0.1, -0.05) is 76.9 Å². The van der Waals surface area contributed by atoms with Gasteiger partial charge in [-0.15, -0.1) is 0 Å². The van der Waals surface area contributed by atoms with Gasteiger partial charge < -0.3 is 52.5 Å². The number of aliphatic hydroxyl groups is 1. The third-order valence-electron chi connectivity index (χ3n) is 7.38. The standard InChI is InChI=1S/C38H76O11/c1-2-3-4-5-6-7-8-9-10-11-12-13-14-15-16-17-19-40-21-23-42-25-27-44-29-31-46-33-35-48-37-38-49-36-34-47-32-30-45-28-26-43-24-22-41-20-18-39/h9-10,39H,2-8,11-38H2,1H3/b10-9-. The Hall–Kier alpha value is -0.700. The molecular weight excluding hydrogens is 632 g/mol. The molecule has 294 valence electrons. The fraction of sp³-hybridized carbons (Fsp3) is 0.947. The van der Waals surface area contributed by atoms with Gasteiger partial charge in [0.25, 0.3) is 0 Å². The molecule has 0 aromatic heterocycles. The summed E-state index contributed by atoms with van der Waals surface area (Å²) in [6.45, 7) is 13.1. The van der Waals surface area contributed by atoms with Gasteiger partial charge in [0.2, 0.25) is 0 Å². The second-order valence-electron chi connectivity index (χ2n) is 11.8. The Morgan fingerprint density at radius 1 is 0.286 bits per heavy atom. The molecule has 49 heavy (non-hydrogen) atoms. The monoisotopic (exact) mass is 709 g/mol. The van der Waals surface area contributed by atoms with Crippen LogP contribution in [0.3, 0.4) is 0 Å². The van der Waals surface area contributed by atoms with Gasteiger partial charge in [-0.05, 0) is 32.1 Å². The molecule has 0 spiro atoms.